The van der Waals surface area contributed by atoms with E-state index in [1.54, 1.807) is 6.26 Å². The summed E-state index contributed by atoms with van der Waals surface area (Å²) in [5.41, 5.74) is 10.7. The number of carbonyl (C=O) groups is 9. The SMILES string of the molecule is CSCC[C@H](NC(=O)[C@H](C)NC(=O)[C@H](CCC(=O)O)NC(=O)[C@H](C)N)C(=O)N[C@@H](CO)C(=O)N[C@@H](CCC(N)=O)C(=O)NCCCCCC(=O)O. The third-order valence-corrected chi connectivity index (χ3v) is 7.83. The van der Waals surface area contributed by atoms with Crippen LogP contribution >= 0.6 is 11.8 Å². The van der Waals surface area contributed by atoms with E-state index in [1.165, 1.54) is 25.6 Å². The second kappa shape index (κ2) is 25.5. The maximum absolute atomic E-state index is 13.2. The summed E-state index contributed by atoms with van der Waals surface area (Å²) >= 11 is 1.34. The largest absolute Gasteiger partial charge is 0.481 e. The van der Waals surface area contributed by atoms with E-state index in [2.05, 4.69) is 31.9 Å². The lowest BCUT2D eigenvalue weighted by Crippen LogP contribution is -2.59. The minimum absolute atomic E-state index is 0.0243. The van der Waals surface area contributed by atoms with Gasteiger partial charge in [-0.15, -0.1) is 0 Å². The first-order chi connectivity index (χ1) is 23.9. The van der Waals surface area contributed by atoms with Crippen LogP contribution < -0.4 is 43.4 Å². The van der Waals surface area contributed by atoms with E-state index < -0.39 is 103 Å². The Bertz CT molecular complexity index is 1220. The average Bonchev–Trinajstić information content (AvgIpc) is 3.05. The number of hydrogen-bond acceptors (Lipinski definition) is 12. The van der Waals surface area contributed by atoms with Crippen LogP contribution in [-0.2, 0) is 43.2 Å². The van der Waals surface area contributed by atoms with Crippen molar-refractivity contribution in [1.29, 1.82) is 0 Å². The van der Waals surface area contributed by atoms with E-state index in [1.807, 2.05) is 0 Å². The second-order valence-electron chi connectivity index (χ2n) is 11.7. The van der Waals surface area contributed by atoms with Gasteiger partial charge in [0.2, 0.25) is 41.4 Å². The van der Waals surface area contributed by atoms with Gasteiger partial charge in [0.25, 0.3) is 0 Å². The lowest BCUT2D eigenvalue weighted by atomic mass is 10.1. The fourth-order valence-corrected chi connectivity index (χ4v) is 4.70. The first kappa shape index (κ1) is 46.5. The van der Waals surface area contributed by atoms with Gasteiger partial charge in [-0.05, 0) is 58.0 Å². The molecule has 20 nitrogen and oxygen atoms in total. The molecule has 6 atom stereocenters. The van der Waals surface area contributed by atoms with E-state index in [0.717, 1.165) is 0 Å². The van der Waals surface area contributed by atoms with Crippen LogP contribution in [0.1, 0.15) is 71.6 Å². The number of amides is 7. The summed E-state index contributed by atoms with van der Waals surface area (Å²) in [7, 11) is 0. The Hall–Kier alpha value is -4.50. The van der Waals surface area contributed by atoms with Crippen molar-refractivity contribution in [3.8, 4) is 0 Å². The number of primary amides is 1. The lowest BCUT2D eigenvalue weighted by molar-refractivity contribution is -0.138. The molecule has 0 aromatic heterocycles. The van der Waals surface area contributed by atoms with Crippen LogP contribution in [0.3, 0.4) is 0 Å². The summed E-state index contributed by atoms with van der Waals surface area (Å²) in [4.78, 5) is 110. The summed E-state index contributed by atoms with van der Waals surface area (Å²) in [5.74, 6) is -7.51. The summed E-state index contributed by atoms with van der Waals surface area (Å²) in [5, 5.41) is 42.1. The molecule has 0 aromatic rings. The van der Waals surface area contributed by atoms with Gasteiger partial charge in [-0.25, -0.2) is 0 Å². The van der Waals surface area contributed by atoms with Gasteiger partial charge in [-0.1, -0.05) is 6.42 Å². The van der Waals surface area contributed by atoms with Crippen molar-refractivity contribution < 1.29 is 58.5 Å². The van der Waals surface area contributed by atoms with Crippen LogP contribution in [0.2, 0.25) is 0 Å². The van der Waals surface area contributed by atoms with Crippen molar-refractivity contribution in [2.75, 3.05) is 25.2 Å². The van der Waals surface area contributed by atoms with Crippen molar-refractivity contribution in [2.24, 2.45) is 11.5 Å². The highest BCUT2D eigenvalue weighted by Gasteiger charge is 2.31. The molecule has 7 amide bonds. The van der Waals surface area contributed by atoms with Crippen LogP contribution in [0, 0.1) is 0 Å². The molecule has 0 spiro atoms. The molecule has 51 heavy (non-hydrogen) atoms. The van der Waals surface area contributed by atoms with Gasteiger partial charge in [0.1, 0.15) is 30.2 Å². The van der Waals surface area contributed by atoms with Crippen LogP contribution in [-0.4, -0.2) is 130 Å². The number of hydrogen-bond donors (Lipinski definition) is 11. The molecule has 0 aliphatic rings. The molecule has 0 unspecified atom stereocenters. The van der Waals surface area contributed by atoms with Crippen LogP contribution in [0.4, 0.5) is 0 Å². The fraction of sp³-hybridized carbons (Fsp3) is 0.700. The number of aliphatic carboxylic acids is 2. The van der Waals surface area contributed by atoms with Crippen LogP contribution in [0.25, 0.3) is 0 Å². The number of rotatable bonds is 27. The van der Waals surface area contributed by atoms with Crippen molar-refractivity contribution in [3.63, 3.8) is 0 Å². The monoisotopic (exact) mass is 748 g/mol. The molecule has 0 heterocycles. The topological polar surface area (TPSA) is 339 Å². The van der Waals surface area contributed by atoms with E-state index in [4.69, 9.17) is 21.7 Å². The maximum atomic E-state index is 13.2. The number of aliphatic hydroxyl groups excluding tert-OH is 1. The van der Waals surface area contributed by atoms with Gasteiger partial charge in [0.05, 0.1) is 12.6 Å². The quantitative estimate of drug-likeness (QED) is 0.0362. The number of aliphatic hydroxyl groups is 1. The summed E-state index contributed by atoms with van der Waals surface area (Å²) in [6.45, 7) is 1.89. The molecule has 0 aliphatic heterocycles. The zero-order chi connectivity index (χ0) is 39.1. The zero-order valence-electron chi connectivity index (χ0n) is 29.0. The first-order valence-electron chi connectivity index (χ1n) is 16.3. The van der Waals surface area contributed by atoms with Gasteiger partial charge in [0, 0.05) is 25.8 Å². The van der Waals surface area contributed by atoms with Gasteiger partial charge < -0.3 is 58.7 Å². The Balaban J connectivity index is 5.58. The summed E-state index contributed by atoms with van der Waals surface area (Å²) in [6.07, 6.45) is 1.91. The number of nitrogens with one attached hydrogen (secondary N) is 6. The Labute approximate surface area is 299 Å². The highest BCUT2D eigenvalue weighted by Crippen LogP contribution is 2.06. The highest BCUT2D eigenvalue weighted by atomic mass is 32.2. The fourth-order valence-electron chi connectivity index (χ4n) is 4.23. The number of nitrogens with two attached hydrogens (primary N) is 2. The van der Waals surface area contributed by atoms with E-state index in [-0.39, 0.29) is 38.6 Å². The molecule has 13 N–H and O–H groups in total. The number of unbranched alkanes of at least 4 members (excludes halogenated alkanes) is 2. The summed E-state index contributed by atoms with van der Waals surface area (Å²) in [6, 6.07) is -7.73. The van der Waals surface area contributed by atoms with Crippen LogP contribution in [0.5, 0.6) is 0 Å². The molecule has 0 bridgehead atoms. The molecule has 0 aliphatic carbocycles. The Morgan fingerprint density at radius 2 is 1.10 bits per heavy atom. The standard InChI is InChI=1S/C30H52N8O12S/c1-16(31)25(45)35-19(9-11-24(43)44)28(48)34-17(2)26(46)36-20(12-14-51-3)29(49)38-21(15-39)30(50)37-18(8-10-22(32)40)27(47)33-13-6-4-5-7-23(41)42/h16-21,39H,4-15,31H2,1-3H3,(H2,32,40)(H,33,47)(H,34,48)(H,35,45)(H,36,46)(H,37,50)(H,38,49)(H,41,42)(H,43,44)/t16-,17-,18-,19-,20-,21-/m0/s1. The normalized spacial score (nSPS) is 14.3. The molecule has 0 radical (unpaired) electrons. The molecule has 290 valence electrons. The minimum atomic E-state index is -1.59. The van der Waals surface area contributed by atoms with Crippen molar-refractivity contribution in [2.45, 2.75) is 108 Å². The minimum Gasteiger partial charge on any atom is -0.481 e. The molecule has 0 saturated heterocycles. The van der Waals surface area contributed by atoms with Crippen LogP contribution in [0.15, 0.2) is 0 Å². The number of carboxylic acid groups (broad SMARTS) is 2. The average molecular weight is 749 g/mol. The van der Waals surface area contributed by atoms with Crippen molar-refractivity contribution >= 4 is 65.1 Å². The molecule has 21 heteroatoms. The number of thioether (sulfide) groups is 1. The maximum Gasteiger partial charge on any atom is 0.303 e. The lowest BCUT2D eigenvalue weighted by Gasteiger charge is -2.25. The molecule has 0 fully saturated rings. The second-order valence-corrected chi connectivity index (χ2v) is 12.6. The number of carboxylic acids is 2. The van der Waals surface area contributed by atoms with E-state index >= 15 is 0 Å². The third kappa shape index (κ3) is 20.7. The predicted molar refractivity (Wildman–Crippen MR) is 183 cm³/mol. The van der Waals surface area contributed by atoms with Crippen molar-refractivity contribution in [1.82, 2.24) is 31.9 Å². The van der Waals surface area contributed by atoms with Crippen molar-refractivity contribution in [3.05, 3.63) is 0 Å². The Kier molecular flexibility index (Phi) is 23.2. The van der Waals surface area contributed by atoms with Gasteiger partial charge in [-0.2, -0.15) is 11.8 Å². The highest BCUT2D eigenvalue weighted by molar-refractivity contribution is 7.98. The molecule has 0 rings (SSSR count). The van der Waals surface area contributed by atoms with E-state index in [0.29, 0.717) is 25.0 Å². The molecular weight excluding hydrogens is 696 g/mol. The number of carbonyl (C=O) groups excluding carboxylic acids is 7. The van der Waals surface area contributed by atoms with E-state index in [9.17, 15) is 48.3 Å². The molecule has 0 saturated carbocycles. The Morgan fingerprint density at radius 3 is 1.65 bits per heavy atom. The zero-order valence-corrected chi connectivity index (χ0v) is 29.8. The smallest absolute Gasteiger partial charge is 0.303 e. The third-order valence-electron chi connectivity index (χ3n) is 7.18. The van der Waals surface area contributed by atoms with Gasteiger partial charge in [0.15, 0.2) is 0 Å². The Morgan fingerprint density at radius 1 is 0.608 bits per heavy atom. The summed E-state index contributed by atoms with van der Waals surface area (Å²) < 4.78 is 0. The molecular formula is C30H52N8O12S. The first-order valence-corrected chi connectivity index (χ1v) is 17.7. The predicted octanol–water partition coefficient (Wildman–Crippen LogP) is -3.59. The molecule has 0 aromatic carbocycles. The van der Waals surface area contributed by atoms with Gasteiger partial charge >= 0.3 is 11.9 Å². The van der Waals surface area contributed by atoms with Gasteiger partial charge in [-0.3, -0.25) is 43.2 Å².